The van der Waals surface area contributed by atoms with Gasteiger partial charge in [0.2, 0.25) is 0 Å². The van der Waals surface area contributed by atoms with E-state index < -0.39 is 10.9 Å². The number of thiazole rings is 1. The first kappa shape index (κ1) is 15.8. The van der Waals surface area contributed by atoms with Gasteiger partial charge >= 0.3 is 5.97 Å². The van der Waals surface area contributed by atoms with E-state index in [1.54, 1.807) is 12.1 Å². The molecule has 0 aliphatic carbocycles. The van der Waals surface area contributed by atoms with Crippen LogP contribution in [0.15, 0.2) is 35.7 Å². The molecule has 0 spiro atoms. The Morgan fingerprint density at radius 1 is 1.50 bits per heavy atom. The topological polar surface area (TPSA) is 82.3 Å². The maximum Gasteiger partial charge on any atom is 0.331 e. The molecule has 0 aliphatic rings. The molecule has 7 heteroatoms. The second-order valence-electron chi connectivity index (χ2n) is 4.38. The van der Waals surface area contributed by atoms with Crippen LogP contribution in [0.4, 0.5) is 5.69 Å². The molecule has 1 heterocycles. The molecule has 6 nitrogen and oxygen atoms in total. The van der Waals surface area contributed by atoms with Crippen LogP contribution in [-0.4, -0.2) is 15.9 Å². The Hall–Kier alpha value is -2.54. The highest BCUT2D eigenvalue weighted by molar-refractivity contribution is 7.09. The van der Waals surface area contributed by atoms with Crippen LogP contribution in [0.2, 0.25) is 0 Å². The number of carbonyl (C=O) groups is 1. The summed E-state index contributed by atoms with van der Waals surface area (Å²) in [4.78, 5) is 26.1. The highest BCUT2D eigenvalue weighted by Crippen LogP contribution is 2.14. The van der Waals surface area contributed by atoms with Crippen molar-refractivity contribution in [2.75, 3.05) is 0 Å². The quantitative estimate of drug-likeness (QED) is 0.353. The van der Waals surface area contributed by atoms with E-state index in [2.05, 4.69) is 4.98 Å². The van der Waals surface area contributed by atoms with Crippen molar-refractivity contribution in [2.24, 2.45) is 0 Å². The van der Waals surface area contributed by atoms with Crippen molar-refractivity contribution < 1.29 is 14.5 Å². The number of esters is 1. The summed E-state index contributed by atoms with van der Waals surface area (Å²) in [6.45, 7) is 2.13. The lowest BCUT2D eigenvalue weighted by Gasteiger charge is -1.98. The van der Waals surface area contributed by atoms with Gasteiger partial charge in [0.25, 0.3) is 5.69 Å². The second kappa shape index (κ2) is 7.46. The van der Waals surface area contributed by atoms with Crippen LogP contribution in [-0.2, 0) is 22.6 Å². The summed E-state index contributed by atoms with van der Waals surface area (Å²) in [5, 5.41) is 13.5. The van der Waals surface area contributed by atoms with Crippen molar-refractivity contribution in [3.05, 3.63) is 62.1 Å². The van der Waals surface area contributed by atoms with E-state index in [9.17, 15) is 14.9 Å². The molecule has 0 aliphatic heterocycles. The molecule has 2 aromatic rings. The lowest BCUT2D eigenvalue weighted by Crippen LogP contribution is -2.01. The lowest BCUT2D eigenvalue weighted by atomic mass is 10.2. The van der Waals surface area contributed by atoms with E-state index in [4.69, 9.17) is 4.74 Å². The number of benzene rings is 1. The molecular weight excluding hydrogens is 304 g/mol. The third-order valence-corrected chi connectivity index (χ3v) is 3.80. The van der Waals surface area contributed by atoms with Gasteiger partial charge < -0.3 is 4.74 Å². The molecule has 0 amide bonds. The molecule has 0 radical (unpaired) electrons. The molecule has 0 fully saturated rings. The van der Waals surface area contributed by atoms with Crippen LogP contribution in [0, 0.1) is 10.1 Å². The Balaban J connectivity index is 1.91. The van der Waals surface area contributed by atoms with Gasteiger partial charge in [0.05, 0.1) is 15.6 Å². The van der Waals surface area contributed by atoms with Gasteiger partial charge in [-0.2, -0.15) is 0 Å². The first-order valence-electron chi connectivity index (χ1n) is 6.61. The highest BCUT2D eigenvalue weighted by Gasteiger charge is 2.05. The standard InChI is InChI=1S/C15H14N2O4S/c1-2-14-16-12(10-22-14)9-21-15(18)7-6-11-4-3-5-13(8-11)17(19)20/h3-8,10H,2,9H2,1H3/b7-6+. The Bertz CT molecular complexity index is 709. The SMILES string of the molecule is CCc1nc(COC(=O)/C=C/c2cccc([N+](=O)[O-])c2)cs1. The minimum absolute atomic E-state index is 0.0231. The predicted molar refractivity (Wildman–Crippen MR) is 83.4 cm³/mol. The average Bonchev–Trinajstić information content (AvgIpc) is 2.99. The van der Waals surface area contributed by atoms with Crippen LogP contribution in [0.1, 0.15) is 23.2 Å². The molecule has 0 unspecified atom stereocenters. The number of nitro benzene ring substituents is 1. The van der Waals surface area contributed by atoms with E-state index >= 15 is 0 Å². The van der Waals surface area contributed by atoms with Crippen LogP contribution >= 0.6 is 11.3 Å². The van der Waals surface area contributed by atoms with E-state index in [1.165, 1.54) is 35.6 Å². The molecule has 0 saturated heterocycles. The van der Waals surface area contributed by atoms with E-state index in [0.717, 1.165) is 17.1 Å². The molecule has 0 atom stereocenters. The van der Waals surface area contributed by atoms with Gasteiger partial charge in [-0.25, -0.2) is 9.78 Å². The van der Waals surface area contributed by atoms with Crippen molar-refractivity contribution in [2.45, 2.75) is 20.0 Å². The lowest BCUT2D eigenvalue weighted by molar-refractivity contribution is -0.384. The molecule has 1 aromatic carbocycles. The summed E-state index contributed by atoms with van der Waals surface area (Å²) in [6, 6.07) is 6.01. The van der Waals surface area contributed by atoms with Crippen molar-refractivity contribution in [1.82, 2.24) is 4.98 Å². The maximum atomic E-state index is 11.6. The van der Waals surface area contributed by atoms with Crippen LogP contribution in [0.5, 0.6) is 0 Å². The summed E-state index contributed by atoms with van der Waals surface area (Å²) in [7, 11) is 0. The van der Waals surface area contributed by atoms with E-state index in [-0.39, 0.29) is 12.3 Å². The van der Waals surface area contributed by atoms with Crippen molar-refractivity contribution >= 4 is 29.1 Å². The zero-order valence-electron chi connectivity index (χ0n) is 11.9. The van der Waals surface area contributed by atoms with Gasteiger partial charge in [-0.05, 0) is 18.1 Å². The fourth-order valence-electron chi connectivity index (χ4n) is 1.68. The number of aromatic nitrogens is 1. The number of nitrogens with zero attached hydrogens (tertiary/aromatic N) is 2. The molecule has 114 valence electrons. The molecule has 2 rings (SSSR count). The van der Waals surface area contributed by atoms with Crippen molar-refractivity contribution in [3.63, 3.8) is 0 Å². The van der Waals surface area contributed by atoms with Gasteiger partial charge in [0.1, 0.15) is 6.61 Å². The first-order chi connectivity index (χ1) is 10.6. The Kier molecular flexibility index (Phi) is 5.37. The normalized spacial score (nSPS) is 10.8. The van der Waals surface area contributed by atoms with Crippen molar-refractivity contribution in [3.8, 4) is 0 Å². The van der Waals surface area contributed by atoms with Gasteiger partial charge in [-0.1, -0.05) is 19.1 Å². The number of rotatable bonds is 6. The maximum absolute atomic E-state index is 11.6. The largest absolute Gasteiger partial charge is 0.456 e. The number of non-ortho nitro benzene ring substituents is 1. The third kappa shape index (κ3) is 4.49. The zero-order valence-corrected chi connectivity index (χ0v) is 12.7. The average molecular weight is 318 g/mol. The molecule has 0 N–H and O–H groups in total. The summed E-state index contributed by atoms with van der Waals surface area (Å²) in [5.74, 6) is -0.516. The number of aryl methyl sites for hydroxylation is 1. The summed E-state index contributed by atoms with van der Waals surface area (Å²) < 4.78 is 5.07. The Morgan fingerprint density at radius 3 is 3.00 bits per heavy atom. The number of nitro groups is 1. The fourth-order valence-corrected chi connectivity index (χ4v) is 2.41. The van der Waals surface area contributed by atoms with Crippen LogP contribution in [0.25, 0.3) is 6.08 Å². The van der Waals surface area contributed by atoms with Gasteiger partial charge in [0, 0.05) is 23.6 Å². The number of hydrogen-bond acceptors (Lipinski definition) is 6. The zero-order chi connectivity index (χ0) is 15.9. The Labute approximate surface area is 131 Å². The smallest absolute Gasteiger partial charge is 0.331 e. The minimum Gasteiger partial charge on any atom is -0.456 e. The fraction of sp³-hybridized carbons (Fsp3) is 0.200. The number of carbonyl (C=O) groups excluding carboxylic acids is 1. The van der Waals surface area contributed by atoms with Gasteiger partial charge in [-0.15, -0.1) is 11.3 Å². The summed E-state index contributed by atoms with van der Waals surface area (Å²) in [5.41, 5.74) is 1.26. The molecule has 0 saturated carbocycles. The van der Waals surface area contributed by atoms with Gasteiger partial charge in [-0.3, -0.25) is 10.1 Å². The Morgan fingerprint density at radius 2 is 2.32 bits per heavy atom. The van der Waals surface area contributed by atoms with Crippen LogP contribution < -0.4 is 0 Å². The monoisotopic (exact) mass is 318 g/mol. The minimum atomic E-state index is -0.516. The van der Waals surface area contributed by atoms with E-state index in [1.807, 2.05) is 12.3 Å². The van der Waals surface area contributed by atoms with Crippen LogP contribution in [0.3, 0.4) is 0 Å². The first-order valence-corrected chi connectivity index (χ1v) is 7.49. The van der Waals surface area contributed by atoms with Crippen molar-refractivity contribution in [1.29, 1.82) is 0 Å². The summed E-state index contributed by atoms with van der Waals surface area (Å²) >= 11 is 1.53. The van der Waals surface area contributed by atoms with Gasteiger partial charge in [0.15, 0.2) is 0 Å². The number of ether oxygens (including phenoxy) is 1. The summed E-state index contributed by atoms with van der Waals surface area (Å²) in [6.07, 6.45) is 3.57. The van der Waals surface area contributed by atoms with E-state index in [0.29, 0.717) is 5.56 Å². The molecule has 0 bridgehead atoms. The molecule has 1 aromatic heterocycles. The second-order valence-corrected chi connectivity index (χ2v) is 5.32. The predicted octanol–water partition coefficient (Wildman–Crippen LogP) is 3.37. The molecular formula is C15H14N2O4S. The molecule has 22 heavy (non-hydrogen) atoms. The number of hydrogen-bond donors (Lipinski definition) is 0. The highest BCUT2D eigenvalue weighted by atomic mass is 32.1. The third-order valence-electron chi connectivity index (χ3n) is 2.76.